The molecule has 2 nitrogen and oxygen atoms in total. The van der Waals surface area contributed by atoms with Gasteiger partial charge in [-0.1, -0.05) is 27.2 Å². The molecule has 118 valence electrons. The van der Waals surface area contributed by atoms with E-state index in [2.05, 4.69) is 0 Å². The van der Waals surface area contributed by atoms with Gasteiger partial charge < -0.3 is 0 Å². The van der Waals surface area contributed by atoms with Gasteiger partial charge in [-0.05, 0) is 55.5 Å². The molecule has 0 heterocycles. The molecule has 21 heavy (non-hydrogen) atoms. The summed E-state index contributed by atoms with van der Waals surface area (Å²) in [5.41, 5.74) is 2.17. The highest BCUT2D eigenvalue weighted by Crippen LogP contribution is 2.61. The second-order valence-electron chi connectivity index (χ2n) is 7.32. The lowest BCUT2D eigenvalue weighted by Gasteiger charge is -2.43. The standard InChI is InChI=1S/C18H29O2P/c19-14-6-4-10-17(12-14)21(16-8-2-1-3-9-16)18-11-5-7-15(20)13-18/h16-18H,1-13H2. The summed E-state index contributed by atoms with van der Waals surface area (Å²) >= 11 is 0. The van der Waals surface area contributed by atoms with Gasteiger partial charge in [-0.2, -0.15) is 0 Å². The molecule has 0 saturated heterocycles. The Labute approximate surface area is 130 Å². The van der Waals surface area contributed by atoms with Gasteiger partial charge in [0.2, 0.25) is 0 Å². The van der Waals surface area contributed by atoms with Crippen LogP contribution < -0.4 is 0 Å². The summed E-state index contributed by atoms with van der Waals surface area (Å²) < 4.78 is 0. The van der Waals surface area contributed by atoms with Crippen molar-refractivity contribution in [2.75, 3.05) is 0 Å². The van der Waals surface area contributed by atoms with E-state index >= 15 is 0 Å². The first-order valence-electron chi connectivity index (χ1n) is 9.05. The highest BCUT2D eigenvalue weighted by Gasteiger charge is 2.39. The van der Waals surface area contributed by atoms with Crippen molar-refractivity contribution in [3.63, 3.8) is 0 Å². The molecular weight excluding hydrogens is 279 g/mol. The van der Waals surface area contributed by atoms with E-state index < -0.39 is 0 Å². The zero-order valence-electron chi connectivity index (χ0n) is 13.2. The highest BCUT2D eigenvalue weighted by atomic mass is 31.1. The van der Waals surface area contributed by atoms with Crippen LogP contribution in [0, 0.1) is 0 Å². The summed E-state index contributed by atoms with van der Waals surface area (Å²) in [4.78, 5) is 23.9. The molecule has 3 saturated carbocycles. The second-order valence-corrected chi connectivity index (χ2v) is 10.4. The molecule has 0 amide bonds. The van der Waals surface area contributed by atoms with E-state index in [0.717, 1.165) is 44.2 Å². The fourth-order valence-electron chi connectivity index (χ4n) is 4.79. The third-order valence-electron chi connectivity index (χ3n) is 5.75. The van der Waals surface area contributed by atoms with Gasteiger partial charge in [-0.3, -0.25) is 9.59 Å². The molecule has 0 aromatic rings. The zero-order valence-corrected chi connectivity index (χ0v) is 14.1. The number of carbonyl (C=O) groups excluding carboxylic acids is 2. The number of hydrogen-bond donors (Lipinski definition) is 0. The summed E-state index contributed by atoms with van der Waals surface area (Å²) in [5.74, 6) is 0.994. The van der Waals surface area contributed by atoms with Crippen LogP contribution in [0.5, 0.6) is 0 Å². The monoisotopic (exact) mass is 308 g/mol. The van der Waals surface area contributed by atoms with Gasteiger partial charge in [-0.15, -0.1) is 0 Å². The maximum absolute atomic E-state index is 12.0. The average molecular weight is 308 g/mol. The predicted molar refractivity (Wildman–Crippen MR) is 88.3 cm³/mol. The van der Waals surface area contributed by atoms with E-state index in [-0.39, 0.29) is 7.92 Å². The maximum atomic E-state index is 12.0. The molecule has 3 rings (SSSR count). The fraction of sp³-hybridized carbons (Fsp3) is 0.889. The molecule has 0 N–H and O–H groups in total. The van der Waals surface area contributed by atoms with E-state index in [1.54, 1.807) is 0 Å². The number of rotatable bonds is 3. The van der Waals surface area contributed by atoms with Gasteiger partial charge in [0.15, 0.2) is 0 Å². The van der Waals surface area contributed by atoms with Crippen LogP contribution in [0.15, 0.2) is 0 Å². The molecule has 2 atom stereocenters. The van der Waals surface area contributed by atoms with Crippen molar-refractivity contribution >= 4 is 19.5 Å². The molecule has 3 heteroatoms. The van der Waals surface area contributed by atoms with E-state index in [0.29, 0.717) is 22.9 Å². The Kier molecular flexibility index (Phi) is 5.49. The van der Waals surface area contributed by atoms with Gasteiger partial charge in [0.05, 0.1) is 0 Å². The fourth-order valence-corrected chi connectivity index (χ4v) is 9.33. The summed E-state index contributed by atoms with van der Waals surface area (Å²) in [6.45, 7) is 0. The van der Waals surface area contributed by atoms with E-state index in [4.69, 9.17) is 0 Å². The molecule has 0 spiro atoms. The maximum Gasteiger partial charge on any atom is 0.133 e. The smallest absolute Gasteiger partial charge is 0.133 e. The van der Waals surface area contributed by atoms with Crippen LogP contribution in [0.4, 0.5) is 0 Å². The normalized spacial score (nSPS) is 33.9. The zero-order chi connectivity index (χ0) is 14.7. The number of carbonyl (C=O) groups is 2. The largest absolute Gasteiger partial charge is 0.300 e. The van der Waals surface area contributed by atoms with Crippen molar-refractivity contribution in [1.29, 1.82) is 0 Å². The average Bonchev–Trinajstić information content (AvgIpc) is 2.49. The highest BCUT2D eigenvalue weighted by molar-refractivity contribution is 7.60. The van der Waals surface area contributed by atoms with Crippen LogP contribution in [-0.2, 0) is 9.59 Å². The molecule has 3 aliphatic rings. The predicted octanol–water partition coefficient (Wildman–Crippen LogP) is 4.82. The Balaban J connectivity index is 1.75. The van der Waals surface area contributed by atoms with Crippen molar-refractivity contribution in [3.05, 3.63) is 0 Å². The van der Waals surface area contributed by atoms with Gasteiger partial charge in [-0.25, -0.2) is 0 Å². The van der Waals surface area contributed by atoms with E-state index in [1.807, 2.05) is 0 Å². The lowest BCUT2D eigenvalue weighted by Crippen LogP contribution is -2.31. The van der Waals surface area contributed by atoms with Crippen LogP contribution in [0.3, 0.4) is 0 Å². The summed E-state index contributed by atoms with van der Waals surface area (Å²) in [7, 11) is -0.110. The van der Waals surface area contributed by atoms with Gasteiger partial charge >= 0.3 is 0 Å². The first kappa shape index (κ1) is 15.7. The Morgan fingerprint density at radius 2 is 1.10 bits per heavy atom. The lowest BCUT2D eigenvalue weighted by atomic mass is 9.98. The first-order valence-corrected chi connectivity index (χ1v) is 10.6. The van der Waals surface area contributed by atoms with E-state index in [9.17, 15) is 9.59 Å². The lowest BCUT2D eigenvalue weighted by molar-refractivity contribution is -0.120. The third-order valence-corrected chi connectivity index (χ3v) is 9.68. The van der Waals surface area contributed by atoms with Crippen LogP contribution >= 0.6 is 7.92 Å². The Morgan fingerprint density at radius 3 is 1.57 bits per heavy atom. The molecule has 0 radical (unpaired) electrons. The molecular formula is C18H29O2P. The Morgan fingerprint density at radius 1 is 0.619 bits per heavy atom. The molecule has 2 unspecified atom stereocenters. The first-order chi connectivity index (χ1) is 10.2. The number of hydrogen-bond acceptors (Lipinski definition) is 2. The van der Waals surface area contributed by atoms with Crippen molar-refractivity contribution in [2.45, 2.75) is 100 Å². The van der Waals surface area contributed by atoms with Crippen molar-refractivity contribution in [2.24, 2.45) is 0 Å². The van der Waals surface area contributed by atoms with Crippen LogP contribution in [0.2, 0.25) is 0 Å². The topological polar surface area (TPSA) is 34.1 Å². The van der Waals surface area contributed by atoms with Crippen molar-refractivity contribution < 1.29 is 9.59 Å². The Bertz CT molecular complexity index is 359. The molecule has 3 fully saturated rings. The quantitative estimate of drug-likeness (QED) is 0.700. The van der Waals surface area contributed by atoms with Crippen LogP contribution in [0.1, 0.15) is 83.5 Å². The minimum absolute atomic E-state index is 0.110. The molecule has 0 bridgehead atoms. The second kappa shape index (κ2) is 7.36. The SMILES string of the molecule is O=C1CCCC(P(C2CCCCC2)C2CCCC(=O)C2)C1. The summed E-state index contributed by atoms with van der Waals surface area (Å²) in [5, 5.41) is 0. The van der Waals surface area contributed by atoms with Gasteiger partial charge in [0, 0.05) is 25.7 Å². The number of ketones is 2. The van der Waals surface area contributed by atoms with Crippen molar-refractivity contribution in [3.8, 4) is 0 Å². The van der Waals surface area contributed by atoms with Gasteiger partial charge in [0.25, 0.3) is 0 Å². The molecule has 3 aliphatic carbocycles. The molecule has 0 aromatic heterocycles. The molecule has 0 aliphatic heterocycles. The van der Waals surface area contributed by atoms with Crippen LogP contribution in [-0.4, -0.2) is 28.5 Å². The minimum atomic E-state index is -0.110. The van der Waals surface area contributed by atoms with Gasteiger partial charge in [0.1, 0.15) is 11.6 Å². The number of Topliss-reactive ketones (excluding diaryl/α,β-unsaturated/α-hetero) is 2. The van der Waals surface area contributed by atoms with Crippen molar-refractivity contribution in [1.82, 2.24) is 0 Å². The summed E-state index contributed by atoms with van der Waals surface area (Å²) in [6, 6.07) is 0. The van der Waals surface area contributed by atoms with Crippen LogP contribution in [0.25, 0.3) is 0 Å². The third kappa shape index (κ3) is 3.95. The minimum Gasteiger partial charge on any atom is -0.300 e. The van der Waals surface area contributed by atoms with E-state index in [1.165, 1.54) is 44.9 Å². The summed E-state index contributed by atoms with van der Waals surface area (Å²) in [6.07, 6.45) is 15.0. The molecule has 0 aromatic carbocycles. The Hall–Kier alpha value is -0.230.